The van der Waals surface area contributed by atoms with Crippen molar-refractivity contribution in [1.29, 1.82) is 0 Å². The molecule has 3 amide bonds. The van der Waals surface area contributed by atoms with Gasteiger partial charge < -0.3 is 25.6 Å². The predicted octanol–water partition coefficient (Wildman–Crippen LogP) is 0.129. The van der Waals surface area contributed by atoms with Gasteiger partial charge in [-0.2, -0.15) is 0 Å². The van der Waals surface area contributed by atoms with E-state index in [-0.39, 0.29) is 12.5 Å². The molecule has 5 N–H and O–H groups in total. The molecule has 0 spiro atoms. The number of benzene rings is 1. The van der Waals surface area contributed by atoms with Crippen molar-refractivity contribution < 1.29 is 29.3 Å². The quantitative estimate of drug-likeness (QED) is 0.279. The van der Waals surface area contributed by atoms with Crippen LogP contribution in [-0.4, -0.2) is 83.5 Å². The van der Waals surface area contributed by atoms with Crippen LogP contribution in [0, 0.1) is 5.92 Å². The molecule has 0 bridgehead atoms. The van der Waals surface area contributed by atoms with E-state index in [1.807, 2.05) is 37.3 Å². The Morgan fingerprint density at radius 3 is 2.46 bits per heavy atom. The number of aliphatic hydroxyl groups excluding tert-OH is 2. The standard InChI is InChI=1S/C25H40N4O6/c1-5-20(30)18(14-17-10-7-6-8-11-17)27-24(33)19-12-9-13-26-29(19)25(34)22(23(32)16(2)3)28-21(31)15-35-4/h6-8,10-11,16,18-20,22-23,26,30,32H,5,9,12-15H2,1-4H3,(H,27,33)(H,28,31). The number of methoxy groups -OCH3 is 1. The third-order valence-corrected chi connectivity index (χ3v) is 6.18. The van der Waals surface area contributed by atoms with Gasteiger partial charge in [-0.1, -0.05) is 51.1 Å². The fourth-order valence-corrected chi connectivity index (χ4v) is 4.10. The number of hydrogen-bond acceptors (Lipinski definition) is 7. The van der Waals surface area contributed by atoms with Gasteiger partial charge in [-0.3, -0.25) is 19.4 Å². The van der Waals surface area contributed by atoms with Gasteiger partial charge in [0.15, 0.2) is 0 Å². The van der Waals surface area contributed by atoms with E-state index >= 15 is 0 Å². The number of nitrogens with zero attached hydrogens (tertiary/aromatic N) is 1. The highest BCUT2D eigenvalue weighted by Crippen LogP contribution is 2.17. The number of rotatable bonds is 12. The third-order valence-electron chi connectivity index (χ3n) is 6.18. The van der Waals surface area contributed by atoms with Crippen molar-refractivity contribution in [3.8, 4) is 0 Å². The molecular formula is C25H40N4O6. The number of ether oxygens (including phenoxy) is 1. The summed E-state index contributed by atoms with van der Waals surface area (Å²) in [7, 11) is 1.36. The van der Waals surface area contributed by atoms with Crippen molar-refractivity contribution in [1.82, 2.24) is 21.1 Å². The molecule has 0 aliphatic carbocycles. The number of aliphatic hydroxyl groups is 2. The van der Waals surface area contributed by atoms with Gasteiger partial charge in [-0.25, -0.2) is 5.43 Å². The largest absolute Gasteiger partial charge is 0.391 e. The summed E-state index contributed by atoms with van der Waals surface area (Å²) in [6.07, 6.45) is 0.0397. The topological polar surface area (TPSA) is 140 Å². The molecule has 5 atom stereocenters. The van der Waals surface area contributed by atoms with Gasteiger partial charge in [0.1, 0.15) is 18.7 Å². The lowest BCUT2D eigenvalue weighted by atomic mass is 9.96. The second kappa shape index (κ2) is 14.1. The summed E-state index contributed by atoms with van der Waals surface area (Å²) in [6, 6.07) is 6.91. The zero-order chi connectivity index (χ0) is 26.0. The number of amides is 3. The Hall–Kier alpha value is -2.53. The van der Waals surface area contributed by atoms with Crippen LogP contribution in [0.1, 0.15) is 45.6 Å². The maximum absolute atomic E-state index is 13.5. The van der Waals surface area contributed by atoms with Crippen LogP contribution in [0.2, 0.25) is 0 Å². The smallest absolute Gasteiger partial charge is 0.262 e. The van der Waals surface area contributed by atoms with Gasteiger partial charge in [-0.05, 0) is 37.2 Å². The second-order valence-corrected chi connectivity index (χ2v) is 9.27. The Labute approximate surface area is 207 Å². The first-order valence-corrected chi connectivity index (χ1v) is 12.2. The zero-order valence-electron chi connectivity index (χ0n) is 21.1. The van der Waals surface area contributed by atoms with Crippen LogP contribution in [0.3, 0.4) is 0 Å². The first-order chi connectivity index (χ1) is 16.7. The van der Waals surface area contributed by atoms with Crippen molar-refractivity contribution in [2.45, 2.75) is 76.8 Å². The Morgan fingerprint density at radius 2 is 1.86 bits per heavy atom. The Balaban J connectivity index is 2.22. The number of hydrogen-bond donors (Lipinski definition) is 5. The molecular weight excluding hydrogens is 452 g/mol. The van der Waals surface area contributed by atoms with Gasteiger partial charge in [0.25, 0.3) is 5.91 Å². The third kappa shape index (κ3) is 8.28. The van der Waals surface area contributed by atoms with Crippen molar-refractivity contribution in [3.05, 3.63) is 35.9 Å². The van der Waals surface area contributed by atoms with Gasteiger partial charge in [-0.15, -0.1) is 0 Å². The van der Waals surface area contributed by atoms with Crippen LogP contribution in [-0.2, 0) is 25.5 Å². The minimum atomic E-state index is -1.25. The molecule has 10 heteroatoms. The van der Waals surface area contributed by atoms with E-state index in [0.717, 1.165) is 5.56 Å². The monoisotopic (exact) mass is 492 g/mol. The maximum Gasteiger partial charge on any atom is 0.262 e. The minimum absolute atomic E-state index is 0.262. The summed E-state index contributed by atoms with van der Waals surface area (Å²) in [4.78, 5) is 39.0. The Bertz CT molecular complexity index is 821. The lowest BCUT2D eigenvalue weighted by Gasteiger charge is -2.39. The van der Waals surface area contributed by atoms with E-state index in [9.17, 15) is 24.6 Å². The minimum Gasteiger partial charge on any atom is -0.391 e. The molecule has 1 aliphatic heterocycles. The molecule has 1 saturated heterocycles. The van der Waals surface area contributed by atoms with E-state index in [2.05, 4.69) is 16.1 Å². The highest BCUT2D eigenvalue weighted by atomic mass is 16.5. The van der Waals surface area contributed by atoms with Crippen molar-refractivity contribution in [3.63, 3.8) is 0 Å². The fourth-order valence-electron chi connectivity index (χ4n) is 4.10. The summed E-state index contributed by atoms with van der Waals surface area (Å²) >= 11 is 0. The lowest BCUT2D eigenvalue weighted by molar-refractivity contribution is -0.153. The molecule has 0 radical (unpaired) electrons. The Morgan fingerprint density at radius 1 is 1.17 bits per heavy atom. The van der Waals surface area contributed by atoms with Crippen molar-refractivity contribution >= 4 is 17.7 Å². The van der Waals surface area contributed by atoms with Crippen LogP contribution in [0.25, 0.3) is 0 Å². The lowest BCUT2D eigenvalue weighted by Crippen LogP contribution is -2.66. The van der Waals surface area contributed by atoms with E-state index in [0.29, 0.717) is 32.2 Å². The summed E-state index contributed by atoms with van der Waals surface area (Å²) in [5.74, 6) is -1.87. The molecule has 2 rings (SSSR count). The molecule has 0 saturated carbocycles. The van der Waals surface area contributed by atoms with Gasteiger partial charge in [0.2, 0.25) is 11.8 Å². The van der Waals surface area contributed by atoms with Gasteiger partial charge >= 0.3 is 0 Å². The average molecular weight is 493 g/mol. The van der Waals surface area contributed by atoms with E-state index in [1.165, 1.54) is 12.1 Å². The van der Waals surface area contributed by atoms with Crippen LogP contribution >= 0.6 is 0 Å². The molecule has 0 aromatic heterocycles. The van der Waals surface area contributed by atoms with E-state index in [1.54, 1.807) is 13.8 Å². The number of hydrazine groups is 1. The van der Waals surface area contributed by atoms with Crippen LogP contribution < -0.4 is 16.1 Å². The average Bonchev–Trinajstić information content (AvgIpc) is 2.86. The fraction of sp³-hybridized carbons (Fsp3) is 0.640. The molecule has 35 heavy (non-hydrogen) atoms. The van der Waals surface area contributed by atoms with Crippen molar-refractivity contribution in [2.75, 3.05) is 20.3 Å². The first-order valence-electron chi connectivity index (χ1n) is 12.2. The molecule has 1 aromatic carbocycles. The normalized spacial score (nSPS) is 19.5. The Kier molecular flexibility index (Phi) is 11.6. The number of carbonyl (C=O) groups is 3. The highest BCUT2D eigenvalue weighted by molar-refractivity contribution is 5.92. The first kappa shape index (κ1) is 28.7. The number of carbonyl (C=O) groups excluding carboxylic acids is 3. The molecule has 196 valence electrons. The zero-order valence-corrected chi connectivity index (χ0v) is 21.1. The molecule has 10 nitrogen and oxygen atoms in total. The summed E-state index contributed by atoms with van der Waals surface area (Å²) in [5.41, 5.74) is 3.94. The van der Waals surface area contributed by atoms with Gasteiger partial charge in [0.05, 0.1) is 18.2 Å². The van der Waals surface area contributed by atoms with Crippen LogP contribution in [0.15, 0.2) is 30.3 Å². The SMILES string of the molecule is CCC(O)C(Cc1ccccc1)NC(=O)C1CCCNN1C(=O)C(NC(=O)COC)C(O)C(C)C. The summed E-state index contributed by atoms with van der Waals surface area (Å²) in [6.45, 7) is 5.52. The maximum atomic E-state index is 13.5. The summed E-state index contributed by atoms with van der Waals surface area (Å²) < 4.78 is 4.83. The van der Waals surface area contributed by atoms with E-state index in [4.69, 9.17) is 4.74 Å². The van der Waals surface area contributed by atoms with Gasteiger partial charge in [0, 0.05) is 13.7 Å². The molecule has 1 fully saturated rings. The van der Waals surface area contributed by atoms with Crippen molar-refractivity contribution in [2.24, 2.45) is 5.92 Å². The molecule has 1 aliphatic rings. The molecule has 5 unspecified atom stereocenters. The van der Waals surface area contributed by atoms with Crippen LogP contribution in [0.5, 0.6) is 0 Å². The predicted molar refractivity (Wildman–Crippen MR) is 131 cm³/mol. The van der Waals surface area contributed by atoms with E-state index < -0.39 is 48.1 Å². The summed E-state index contributed by atoms with van der Waals surface area (Å²) in [5, 5.41) is 27.9. The molecule has 1 aromatic rings. The molecule has 1 heterocycles. The second-order valence-electron chi connectivity index (χ2n) is 9.27. The van der Waals surface area contributed by atoms with Crippen LogP contribution in [0.4, 0.5) is 0 Å². The highest BCUT2D eigenvalue weighted by Gasteiger charge is 2.40. The number of nitrogens with one attached hydrogen (secondary N) is 3.